The fourth-order valence-corrected chi connectivity index (χ4v) is 9.44. The first-order valence-electron chi connectivity index (χ1n) is 25.8. The third-order valence-corrected chi connectivity index (χ3v) is 13.4. The van der Waals surface area contributed by atoms with Crippen LogP contribution in [0.15, 0.2) is 232 Å². The second-order valence-electron chi connectivity index (χ2n) is 18.7. The van der Waals surface area contributed by atoms with Gasteiger partial charge < -0.3 is 18.7 Å². The quantitative estimate of drug-likeness (QED) is 0.0477. The van der Waals surface area contributed by atoms with Crippen molar-refractivity contribution in [3.8, 4) is 78.9 Å². The molecule has 0 unspecified atom stereocenters. The molecule has 0 amide bonds. The summed E-state index contributed by atoms with van der Waals surface area (Å²) >= 11 is 0. The topological polar surface area (TPSA) is 210 Å². The number of hydrazine groups is 1. The lowest BCUT2D eigenvalue weighted by atomic mass is 10.1. The molecule has 0 aliphatic rings. The largest absolute Gasteiger partial charge is 0.432 e. The van der Waals surface area contributed by atoms with Gasteiger partial charge in [0.2, 0.25) is 0 Å². The van der Waals surface area contributed by atoms with Gasteiger partial charge in [-0.3, -0.25) is 23.0 Å². The van der Waals surface area contributed by atoms with Gasteiger partial charge in [0, 0.05) is 76.1 Å². The van der Waals surface area contributed by atoms with Crippen molar-refractivity contribution >= 4 is 41.0 Å². The summed E-state index contributed by atoms with van der Waals surface area (Å²) in [5, 5.41) is 12.4. The predicted octanol–water partition coefficient (Wildman–Crippen LogP) is 13.7. The Morgan fingerprint density at radius 3 is 1.36 bits per heavy atom. The lowest BCUT2D eigenvalue weighted by molar-refractivity contribution is 0.596. The van der Waals surface area contributed by atoms with Gasteiger partial charge >= 0.3 is 17.5 Å². The van der Waals surface area contributed by atoms with Crippen LogP contribution in [-0.4, -0.2) is 58.9 Å². The highest BCUT2D eigenvalue weighted by Crippen LogP contribution is 2.37. The van der Waals surface area contributed by atoms with Crippen molar-refractivity contribution in [1.82, 2.24) is 52.7 Å². The maximum atomic E-state index is 14.4. The van der Waals surface area contributed by atoms with Gasteiger partial charge in [0.1, 0.15) is 76.6 Å². The van der Waals surface area contributed by atoms with Gasteiger partial charge in [0.05, 0.1) is 28.9 Å². The number of halogens is 5. The average molecular weight is 1140 g/mol. The number of nitrogens with two attached hydrogens (primary N) is 1. The molecule has 0 saturated heterocycles. The predicted molar refractivity (Wildman–Crippen MR) is 308 cm³/mol. The Kier molecular flexibility index (Phi) is 14.0. The molecule has 0 fully saturated rings. The average Bonchev–Trinajstić information content (AvgIpc) is 2.86. The van der Waals surface area contributed by atoms with E-state index in [4.69, 9.17) is 19.1 Å². The number of nitrogens with zero attached hydrogens (tertiary/aromatic N) is 12. The van der Waals surface area contributed by atoms with Crippen LogP contribution in [0.4, 0.5) is 33.6 Å². The van der Waals surface area contributed by atoms with E-state index < -0.39 is 0 Å². The number of pyridine rings is 3. The van der Waals surface area contributed by atoms with E-state index in [1.54, 1.807) is 150 Å². The van der Waals surface area contributed by atoms with Crippen LogP contribution in [0, 0.1) is 29.1 Å². The first-order chi connectivity index (χ1) is 41.6. The summed E-state index contributed by atoms with van der Waals surface area (Å²) in [5.74, 6) is 6.42. The summed E-state index contributed by atoms with van der Waals surface area (Å²) in [7, 11) is 0. The van der Waals surface area contributed by atoms with Crippen molar-refractivity contribution in [2.24, 2.45) is 10.9 Å². The highest BCUT2D eigenvalue weighted by molar-refractivity contribution is 5.84. The second kappa shape index (κ2) is 22.6. The number of hydrogen-bond donors (Lipinski definition) is 3. The number of nitrogens with one attached hydrogen (secondary N) is 2. The number of oxazole rings is 3. The molecule has 23 heteroatoms. The van der Waals surface area contributed by atoms with Gasteiger partial charge in [-0.05, 0) is 127 Å². The first-order valence-corrected chi connectivity index (χ1v) is 25.8. The normalized spacial score (nSPS) is 11.4. The molecule has 0 spiro atoms. The van der Waals surface area contributed by atoms with E-state index in [2.05, 4.69) is 51.1 Å². The van der Waals surface area contributed by atoms with Crippen LogP contribution < -0.4 is 16.7 Å². The number of aromatic nitrogens is 11. The number of anilines is 2. The van der Waals surface area contributed by atoms with E-state index in [1.165, 1.54) is 54.7 Å². The van der Waals surface area contributed by atoms with E-state index in [0.717, 1.165) is 50.5 Å². The smallest absolute Gasteiger partial charge is 0.306 e. The monoisotopic (exact) mass is 1140 g/mol. The Morgan fingerprint density at radius 1 is 0.447 bits per heavy atom. The van der Waals surface area contributed by atoms with Gasteiger partial charge in [0.25, 0.3) is 0 Å². The van der Waals surface area contributed by atoms with Gasteiger partial charge in [0.15, 0.2) is 11.5 Å². The van der Waals surface area contributed by atoms with E-state index in [9.17, 15) is 22.0 Å². The van der Waals surface area contributed by atoms with E-state index in [-0.39, 0.29) is 29.1 Å². The minimum Gasteiger partial charge on any atom is -0.432 e. The van der Waals surface area contributed by atoms with Crippen LogP contribution in [0.2, 0.25) is 0 Å². The van der Waals surface area contributed by atoms with Gasteiger partial charge in [-0.25, -0.2) is 37.8 Å². The van der Waals surface area contributed by atoms with Crippen molar-refractivity contribution < 1.29 is 35.2 Å². The summed E-state index contributed by atoms with van der Waals surface area (Å²) in [6.07, 6.45) is 16.5. The number of rotatable bonds is 11. The maximum Gasteiger partial charge on any atom is 0.306 e. The molecule has 10 aromatic heterocycles. The third kappa shape index (κ3) is 10.5. The SMILES string of the molecule is Fc1ccc(-c2nc3occn3c2-c2ccc(N/N=C/c3ccccc3F)nc2)cc1.Fc1ccc(-c2nc3occn3c2-c2ccc3nnc(-c4ccccc4F)n3c2)cc1.NNc1ccc(-c2c(-c3ccc(F)cc3)nc3occn23)cn1. The Balaban J connectivity index is 0.000000120. The number of benzene rings is 5. The lowest BCUT2D eigenvalue weighted by Crippen LogP contribution is -2.08. The molecule has 416 valence electrons. The molecule has 0 aliphatic heterocycles. The van der Waals surface area contributed by atoms with Crippen molar-refractivity contribution in [3.05, 3.63) is 248 Å². The summed E-state index contributed by atoms with van der Waals surface area (Å²) < 4.78 is 91.5. The summed E-state index contributed by atoms with van der Waals surface area (Å²) in [4.78, 5) is 22.2. The zero-order valence-electron chi connectivity index (χ0n) is 43.8. The van der Waals surface area contributed by atoms with Crippen molar-refractivity contribution in [3.63, 3.8) is 0 Å². The molecule has 0 aliphatic carbocycles. The molecule has 15 rings (SSSR count). The Hall–Kier alpha value is -11.9. The van der Waals surface area contributed by atoms with E-state index >= 15 is 0 Å². The van der Waals surface area contributed by atoms with E-state index in [0.29, 0.717) is 68.8 Å². The minimum absolute atomic E-state index is 0.293. The third-order valence-electron chi connectivity index (χ3n) is 13.4. The number of nitrogen functional groups attached to an aromatic ring is 1. The van der Waals surface area contributed by atoms with Crippen LogP contribution in [0.25, 0.3) is 102 Å². The zero-order valence-corrected chi connectivity index (χ0v) is 43.8. The van der Waals surface area contributed by atoms with Gasteiger partial charge in [-0.15, -0.1) is 10.2 Å². The lowest BCUT2D eigenvalue weighted by Gasteiger charge is -2.07. The highest BCUT2D eigenvalue weighted by atomic mass is 19.1. The van der Waals surface area contributed by atoms with Crippen LogP contribution in [0.1, 0.15) is 5.56 Å². The van der Waals surface area contributed by atoms with Crippen LogP contribution in [0.5, 0.6) is 0 Å². The van der Waals surface area contributed by atoms with E-state index in [1.807, 2.05) is 33.2 Å². The van der Waals surface area contributed by atoms with Crippen molar-refractivity contribution in [2.75, 3.05) is 10.9 Å². The molecular weight excluding hydrogens is 1100 g/mol. The molecule has 5 aromatic carbocycles. The number of hydrogen-bond acceptors (Lipinski definition) is 14. The number of fused-ring (bicyclic) bond motifs is 4. The summed E-state index contributed by atoms with van der Waals surface area (Å²) in [5.41, 5.74) is 15.6. The zero-order chi connectivity index (χ0) is 58.0. The Morgan fingerprint density at radius 2 is 0.894 bits per heavy atom. The second-order valence-corrected chi connectivity index (χ2v) is 18.7. The summed E-state index contributed by atoms with van der Waals surface area (Å²) in [6.45, 7) is 0. The Bertz CT molecular complexity index is 4850. The molecule has 0 atom stereocenters. The Labute approximate surface area is 476 Å². The summed E-state index contributed by atoms with van der Waals surface area (Å²) in [6, 6.07) is 42.1. The standard InChI is InChI=1S/C23H13F2N5O.C23H15F2N5O.C16H12FN5O/c24-16-8-5-14(6-9-16)20-21(29-11-12-31-23(29)26-20)15-7-10-19-27-28-22(30(19)13-15)17-3-1-2-4-18(17)25;24-18-8-5-15(6-9-18)21-22(30-11-12-31-23(30)28-21)17-7-10-20(26-13-17)29-27-14-16-3-1-2-4-19(16)25;17-12-4-1-10(2-5-12)14-15(22-7-8-23-16(22)20-14)11-3-6-13(21-18)19-9-11/h1-13H;1-14H,(H,26,29);1-9H,18H2,(H,19,21)/b;27-14+;. The molecule has 18 nitrogen and oxygen atoms in total. The fourth-order valence-electron chi connectivity index (χ4n) is 9.44. The molecule has 85 heavy (non-hydrogen) atoms. The molecule has 4 N–H and O–H groups in total. The molecule has 0 bridgehead atoms. The molecule has 0 saturated carbocycles. The molecular formula is C62H40F5N15O3. The molecule has 15 aromatic rings. The highest BCUT2D eigenvalue weighted by Gasteiger charge is 2.22. The fraction of sp³-hybridized carbons (Fsp3) is 0. The first kappa shape index (κ1) is 52.5. The van der Waals surface area contributed by atoms with Crippen LogP contribution in [0.3, 0.4) is 0 Å². The van der Waals surface area contributed by atoms with Crippen LogP contribution in [-0.2, 0) is 0 Å². The molecule has 0 radical (unpaired) electrons. The molecule has 10 heterocycles. The number of imidazole rings is 3. The number of hydrazone groups is 1. The van der Waals surface area contributed by atoms with Gasteiger partial charge in [-0.2, -0.15) is 20.1 Å². The van der Waals surface area contributed by atoms with Crippen LogP contribution >= 0.6 is 0 Å². The minimum atomic E-state index is -0.379. The van der Waals surface area contributed by atoms with Crippen molar-refractivity contribution in [2.45, 2.75) is 0 Å². The van der Waals surface area contributed by atoms with Gasteiger partial charge in [-0.1, -0.05) is 30.3 Å². The van der Waals surface area contributed by atoms with Crippen molar-refractivity contribution in [1.29, 1.82) is 0 Å². The maximum absolute atomic E-state index is 14.4.